The number of hydrogen-bond donors (Lipinski definition) is 5. The number of aromatic nitrogens is 1. The second-order valence-electron chi connectivity index (χ2n) is 16.7. The Labute approximate surface area is 350 Å². The topological polar surface area (TPSA) is 165 Å². The summed E-state index contributed by atoms with van der Waals surface area (Å²) >= 11 is 6.59. The number of fused-ring (bicyclic) bond motifs is 4. The van der Waals surface area contributed by atoms with Gasteiger partial charge in [0, 0.05) is 56.3 Å². The molecule has 2 bridgehead atoms. The Hall–Kier alpha value is -4.62. The van der Waals surface area contributed by atoms with Crippen molar-refractivity contribution < 1.29 is 34.4 Å². The number of amides is 1. The highest BCUT2D eigenvalue weighted by Gasteiger charge is 2.54. The molecule has 0 spiro atoms. The number of aliphatic hydroxyl groups excluding tert-OH is 1. The third-order valence-electron chi connectivity index (χ3n) is 13.3. The fourth-order valence-corrected chi connectivity index (χ4v) is 10.3. The minimum Gasteiger partial charge on any atom is -0.506 e. The molecule has 3 aromatic carbocycles. The number of unbranched alkanes of at least 4 members (excludes halogenated alkanes) is 1. The van der Waals surface area contributed by atoms with Crippen molar-refractivity contribution in [3.63, 3.8) is 0 Å². The molecular formula is C46H57ClN4O8. The standard InChI is InChI=1S/C46H57ClN4O8/c1-50(19-6-4-8-29-9-7-10-32(22-29)46(45(56)57)18-5-3-11-36(46)35-27-51-20-16-30(35)17-21-51)43(55)28-59-41-24-40(58-2)31(23-37(41)47)25-48-26-39(53)33-12-14-38(52)44-34(33)13-15-42(54)49-44/h7,9-10,12-15,22-24,30,35-36,39,48,52-53H,3-6,8,11,16-21,25-28H2,1-2H3,(H,49,54)(H,56,57). The Kier molecular flexibility index (Phi) is 13.5. The molecule has 12 nitrogen and oxygen atoms in total. The summed E-state index contributed by atoms with van der Waals surface area (Å²) in [5.41, 5.74) is 2.45. The highest BCUT2D eigenvalue weighted by Crippen LogP contribution is 2.52. The van der Waals surface area contributed by atoms with Crippen LogP contribution in [0.2, 0.25) is 5.02 Å². The summed E-state index contributed by atoms with van der Waals surface area (Å²) in [7, 11) is 3.28. The number of carbonyl (C=O) groups is 2. The molecule has 0 radical (unpaired) electrons. The zero-order valence-electron chi connectivity index (χ0n) is 34.1. The molecule has 316 valence electrons. The molecule has 4 aromatic rings. The number of piperidine rings is 3. The van der Waals surface area contributed by atoms with E-state index in [1.807, 2.05) is 6.07 Å². The molecule has 13 heteroatoms. The number of carboxylic acid groups (broad SMARTS) is 1. The van der Waals surface area contributed by atoms with Gasteiger partial charge in [-0.05, 0) is 111 Å². The number of hydrogen-bond acceptors (Lipinski definition) is 9. The van der Waals surface area contributed by atoms with Gasteiger partial charge in [-0.25, -0.2) is 0 Å². The Balaban J connectivity index is 0.888. The maximum atomic E-state index is 13.3. The van der Waals surface area contributed by atoms with Crippen molar-refractivity contribution in [2.24, 2.45) is 17.8 Å². The van der Waals surface area contributed by atoms with Gasteiger partial charge in [-0.3, -0.25) is 14.4 Å². The molecule has 4 atom stereocenters. The number of likely N-dealkylation sites (N-methyl/N-ethyl adjacent to an activating group) is 1. The fourth-order valence-electron chi connectivity index (χ4n) is 10.1. The normalized spacial score (nSPS) is 23.2. The number of phenols is 1. The molecule has 3 saturated heterocycles. The van der Waals surface area contributed by atoms with Gasteiger partial charge in [0.15, 0.2) is 6.61 Å². The average Bonchev–Trinajstić information content (AvgIpc) is 3.25. The smallest absolute Gasteiger partial charge is 0.314 e. The van der Waals surface area contributed by atoms with Crippen LogP contribution in [0.4, 0.5) is 0 Å². The molecule has 4 aliphatic rings. The fraction of sp³-hybridized carbons (Fsp3) is 0.500. The third kappa shape index (κ3) is 9.26. The predicted octanol–water partition coefficient (Wildman–Crippen LogP) is 6.43. The second-order valence-corrected chi connectivity index (χ2v) is 17.1. The van der Waals surface area contributed by atoms with Gasteiger partial charge in [0.1, 0.15) is 17.2 Å². The van der Waals surface area contributed by atoms with Crippen LogP contribution < -0.4 is 20.3 Å². The van der Waals surface area contributed by atoms with Gasteiger partial charge in [0.05, 0.1) is 29.2 Å². The number of aromatic hydroxyl groups is 1. The van der Waals surface area contributed by atoms with Crippen molar-refractivity contribution >= 4 is 34.4 Å². The van der Waals surface area contributed by atoms with Crippen LogP contribution in [-0.4, -0.2) is 95.5 Å². The lowest BCUT2D eigenvalue weighted by molar-refractivity contribution is -0.151. The monoisotopic (exact) mass is 828 g/mol. The van der Waals surface area contributed by atoms with Gasteiger partial charge in [-0.2, -0.15) is 0 Å². The first-order valence-corrected chi connectivity index (χ1v) is 21.4. The minimum atomic E-state index is -0.938. The Bertz CT molecular complexity index is 2190. The van der Waals surface area contributed by atoms with Crippen LogP contribution in [0.1, 0.15) is 79.7 Å². The first-order valence-electron chi connectivity index (χ1n) is 21.0. The number of pyridine rings is 1. The Morgan fingerprint density at radius 2 is 1.86 bits per heavy atom. The number of H-pyrrole nitrogens is 1. The van der Waals surface area contributed by atoms with Crippen LogP contribution in [0.25, 0.3) is 10.9 Å². The molecule has 8 rings (SSSR count). The summed E-state index contributed by atoms with van der Waals surface area (Å²) in [6.45, 7) is 4.16. The quantitative estimate of drug-likeness (QED) is 0.0750. The van der Waals surface area contributed by atoms with E-state index in [9.17, 15) is 29.7 Å². The number of phenolic OH excluding ortho intramolecular Hbond substituents is 1. The lowest BCUT2D eigenvalue weighted by Gasteiger charge is -2.53. The van der Waals surface area contributed by atoms with Crippen molar-refractivity contribution in [1.29, 1.82) is 0 Å². The zero-order chi connectivity index (χ0) is 41.7. The number of aliphatic hydroxyl groups is 1. The van der Waals surface area contributed by atoms with E-state index in [4.69, 9.17) is 21.1 Å². The summed E-state index contributed by atoms with van der Waals surface area (Å²) in [5, 5.41) is 36.1. The first kappa shape index (κ1) is 42.5. The molecule has 5 N–H and O–H groups in total. The number of benzene rings is 3. The molecule has 1 aliphatic carbocycles. The van der Waals surface area contributed by atoms with Gasteiger partial charge in [0.25, 0.3) is 5.91 Å². The van der Waals surface area contributed by atoms with E-state index in [2.05, 4.69) is 33.4 Å². The average molecular weight is 829 g/mol. The van der Waals surface area contributed by atoms with Gasteiger partial charge in [0.2, 0.25) is 5.56 Å². The summed E-state index contributed by atoms with van der Waals surface area (Å²) in [6.07, 6.45) is 7.62. The molecule has 3 aliphatic heterocycles. The van der Waals surface area contributed by atoms with Crippen LogP contribution in [0, 0.1) is 17.8 Å². The van der Waals surface area contributed by atoms with E-state index >= 15 is 0 Å². The van der Waals surface area contributed by atoms with Crippen LogP contribution in [0.15, 0.2) is 65.5 Å². The van der Waals surface area contributed by atoms with Crippen LogP contribution in [0.5, 0.6) is 17.2 Å². The highest BCUT2D eigenvalue weighted by atomic mass is 35.5. The SMILES string of the molecule is COc1cc(OCC(=O)N(C)CCCCc2cccc(C3(C(=O)O)CCCCC3C3CN4CCC3CC4)c2)c(Cl)cc1CNCC(O)c1ccc(O)c2[nH]c(=O)ccc12. The van der Waals surface area contributed by atoms with Gasteiger partial charge < -0.3 is 44.9 Å². The van der Waals surface area contributed by atoms with Gasteiger partial charge in [-0.1, -0.05) is 54.8 Å². The van der Waals surface area contributed by atoms with Crippen molar-refractivity contribution in [1.82, 2.24) is 20.1 Å². The number of aryl methyl sites for hydroxylation is 1. The van der Waals surface area contributed by atoms with E-state index in [0.29, 0.717) is 58.8 Å². The van der Waals surface area contributed by atoms with Crippen molar-refractivity contribution in [3.8, 4) is 17.2 Å². The van der Waals surface area contributed by atoms with E-state index in [-0.39, 0.29) is 41.8 Å². The number of aliphatic carboxylic acids is 1. The van der Waals surface area contributed by atoms with Crippen molar-refractivity contribution in [2.75, 3.05) is 53.5 Å². The molecule has 1 saturated carbocycles. The number of nitrogens with one attached hydrogen (secondary N) is 2. The number of carboxylic acids is 1. The molecule has 4 heterocycles. The second kappa shape index (κ2) is 18.8. The Morgan fingerprint density at radius 1 is 1.05 bits per heavy atom. The largest absolute Gasteiger partial charge is 0.506 e. The van der Waals surface area contributed by atoms with Crippen molar-refractivity contribution in [2.45, 2.75) is 75.9 Å². The summed E-state index contributed by atoms with van der Waals surface area (Å²) in [6, 6.07) is 17.6. The highest BCUT2D eigenvalue weighted by molar-refractivity contribution is 6.32. The number of nitrogens with zero attached hydrogens (tertiary/aromatic N) is 2. The summed E-state index contributed by atoms with van der Waals surface area (Å²) in [4.78, 5) is 45.0. The number of ether oxygens (including phenoxy) is 2. The van der Waals surface area contributed by atoms with Gasteiger partial charge >= 0.3 is 5.97 Å². The van der Waals surface area contributed by atoms with Crippen molar-refractivity contribution in [3.05, 3.63) is 98.3 Å². The minimum absolute atomic E-state index is 0.0789. The predicted molar refractivity (Wildman–Crippen MR) is 227 cm³/mol. The molecule has 1 aromatic heterocycles. The van der Waals surface area contributed by atoms with E-state index in [0.717, 1.165) is 74.8 Å². The first-order chi connectivity index (χ1) is 28.5. The van der Waals surface area contributed by atoms with Crippen LogP contribution in [0.3, 0.4) is 0 Å². The maximum Gasteiger partial charge on any atom is 0.314 e. The number of halogens is 1. The number of aromatic amines is 1. The number of methoxy groups -OCH3 is 1. The third-order valence-corrected chi connectivity index (χ3v) is 13.6. The zero-order valence-corrected chi connectivity index (χ0v) is 34.8. The van der Waals surface area contributed by atoms with E-state index < -0.39 is 17.5 Å². The van der Waals surface area contributed by atoms with Crippen LogP contribution >= 0.6 is 11.6 Å². The summed E-state index contributed by atoms with van der Waals surface area (Å²) in [5.74, 6) is 1.11. The Morgan fingerprint density at radius 3 is 2.61 bits per heavy atom. The molecular weight excluding hydrogens is 772 g/mol. The van der Waals surface area contributed by atoms with E-state index in [1.54, 1.807) is 36.2 Å². The van der Waals surface area contributed by atoms with Gasteiger partial charge in [-0.15, -0.1) is 0 Å². The molecule has 4 fully saturated rings. The van der Waals surface area contributed by atoms with Crippen LogP contribution in [-0.2, 0) is 28.0 Å². The van der Waals surface area contributed by atoms with E-state index in [1.165, 1.54) is 32.1 Å². The lowest BCUT2D eigenvalue weighted by atomic mass is 9.55. The lowest BCUT2D eigenvalue weighted by Crippen LogP contribution is -2.56. The molecule has 4 unspecified atom stereocenters. The maximum absolute atomic E-state index is 13.3. The molecule has 59 heavy (non-hydrogen) atoms. The summed E-state index contributed by atoms with van der Waals surface area (Å²) < 4.78 is 11.5. The number of rotatable bonds is 17. The number of carbonyl (C=O) groups excluding carboxylic acids is 1. The molecule has 1 amide bonds.